The fourth-order valence-electron chi connectivity index (χ4n) is 2.05. The van der Waals surface area contributed by atoms with Gasteiger partial charge in [0.2, 0.25) is 0 Å². The second kappa shape index (κ2) is 8.68. The first-order valence-corrected chi connectivity index (χ1v) is 7.98. The minimum atomic E-state index is 0.612. The third-order valence-electron chi connectivity index (χ3n) is 3.14. The van der Waals surface area contributed by atoms with E-state index in [0.29, 0.717) is 12.0 Å². The number of nitrogens with one attached hydrogen (secondary N) is 1. The Kier molecular flexibility index (Phi) is 7.56. The number of thiophene rings is 1. The molecule has 0 spiro atoms. The maximum Gasteiger partial charge on any atom is 0.0330 e. The molecule has 0 saturated heterocycles. The number of hydrogen-bond donors (Lipinski definition) is 1. The van der Waals surface area contributed by atoms with Gasteiger partial charge in [-0.3, -0.25) is 4.90 Å². The van der Waals surface area contributed by atoms with Gasteiger partial charge in [-0.2, -0.15) is 0 Å². The van der Waals surface area contributed by atoms with Gasteiger partial charge in [-0.25, -0.2) is 0 Å². The second-order valence-corrected chi connectivity index (χ2v) is 6.44. The predicted molar refractivity (Wildman–Crippen MR) is 82.2 cm³/mol. The summed E-state index contributed by atoms with van der Waals surface area (Å²) >= 11 is 1.86. The predicted octanol–water partition coefficient (Wildman–Crippen LogP) is 3.59. The zero-order chi connectivity index (χ0) is 13.4. The number of hydrogen-bond acceptors (Lipinski definition) is 3. The molecule has 0 saturated carbocycles. The molecule has 0 aliphatic heterocycles. The lowest BCUT2D eigenvalue weighted by molar-refractivity contribution is 0.184. The quantitative estimate of drug-likeness (QED) is 0.689. The van der Waals surface area contributed by atoms with Gasteiger partial charge in [-0.05, 0) is 50.7 Å². The summed E-state index contributed by atoms with van der Waals surface area (Å²) in [6.07, 6.45) is 1.22. The third-order valence-corrected chi connectivity index (χ3v) is 4.00. The van der Waals surface area contributed by atoms with Crippen LogP contribution in [0.2, 0.25) is 0 Å². The first kappa shape index (κ1) is 15.7. The summed E-state index contributed by atoms with van der Waals surface area (Å²) in [5, 5.41) is 5.68. The first-order valence-electron chi connectivity index (χ1n) is 7.10. The smallest absolute Gasteiger partial charge is 0.0330 e. The summed E-state index contributed by atoms with van der Waals surface area (Å²) in [5.41, 5.74) is 0. The summed E-state index contributed by atoms with van der Waals surface area (Å²) in [4.78, 5) is 4.04. The van der Waals surface area contributed by atoms with Crippen molar-refractivity contribution in [3.63, 3.8) is 0 Å². The van der Waals surface area contributed by atoms with Crippen molar-refractivity contribution < 1.29 is 0 Å². The van der Waals surface area contributed by atoms with Crippen LogP contribution in [0.1, 0.15) is 39.0 Å². The van der Waals surface area contributed by atoms with Crippen LogP contribution in [0.3, 0.4) is 0 Å². The lowest BCUT2D eigenvalue weighted by Gasteiger charge is -2.29. The van der Waals surface area contributed by atoms with Crippen LogP contribution in [0.4, 0.5) is 0 Å². The van der Waals surface area contributed by atoms with Crippen molar-refractivity contribution in [1.29, 1.82) is 0 Å². The molecule has 1 aromatic heterocycles. The molecule has 104 valence electrons. The fraction of sp³-hybridized carbons (Fsp3) is 0.733. The van der Waals surface area contributed by atoms with Gasteiger partial charge in [0.1, 0.15) is 0 Å². The molecule has 0 aliphatic carbocycles. The molecular weight excluding hydrogens is 240 g/mol. The highest BCUT2D eigenvalue weighted by molar-refractivity contribution is 7.09. The normalized spacial score (nSPS) is 13.4. The average molecular weight is 268 g/mol. The largest absolute Gasteiger partial charge is 0.316 e. The highest BCUT2D eigenvalue weighted by Crippen LogP contribution is 2.15. The monoisotopic (exact) mass is 268 g/mol. The Morgan fingerprint density at radius 1 is 1.33 bits per heavy atom. The van der Waals surface area contributed by atoms with Crippen molar-refractivity contribution in [3.8, 4) is 0 Å². The van der Waals surface area contributed by atoms with E-state index in [2.05, 4.69) is 55.4 Å². The lowest BCUT2D eigenvalue weighted by Crippen LogP contribution is -2.37. The molecule has 0 bridgehead atoms. The van der Waals surface area contributed by atoms with Crippen LogP contribution >= 0.6 is 11.3 Å². The molecule has 2 nitrogen and oxygen atoms in total. The van der Waals surface area contributed by atoms with Gasteiger partial charge in [0.05, 0.1) is 0 Å². The van der Waals surface area contributed by atoms with E-state index in [0.717, 1.165) is 19.6 Å². The zero-order valence-electron chi connectivity index (χ0n) is 12.3. The van der Waals surface area contributed by atoms with E-state index in [1.807, 2.05) is 11.3 Å². The zero-order valence-corrected chi connectivity index (χ0v) is 13.1. The van der Waals surface area contributed by atoms with E-state index in [4.69, 9.17) is 0 Å². The van der Waals surface area contributed by atoms with Crippen LogP contribution in [0.25, 0.3) is 0 Å². The molecule has 18 heavy (non-hydrogen) atoms. The van der Waals surface area contributed by atoms with E-state index < -0.39 is 0 Å². The molecule has 1 aromatic rings. The van der Waals surface area contributed by atoms with Crippen LogP contribution in [0.15, 0.2) is 17.5 Å². The molecule has 1 N–H and O–H groups in total. The summed E-state index contributed by atoms with van der Waals surface area (Å²) in [6.45, 7) is 13.7. The Morgan fingerprint density at radius 3 is 2.67 bits per heavy atom. The van der Waals surface area contributed by atoms with Gasteiger partial charge in [0.15, 0.2) is 0 Å². The van der Waals surface area contributed by atoms with E-state index in [9.17, 15) is 0 Å². The molecular formula is C15H28N2S. The Morgan fingerprint density at radius 2 is 2.11 bits per heavy atom. The SMILES string of the molecule is CCCNCC(C)CN(Cc1cccs1)C(C)C. The van der Waals surface area contributed by atoms with E-state index in [1.54, 1.807) is 0 Å². The number of nitrogens with zero attached hydrogens (tertiary/aromatic N) is 1. The van der Waals surface area contributed by atoms with Gasteiger partial charge in [0, 0.05) is 24.0 Å². The van der Waals surface area contributed by atoms with Gasteiger partial charge in [-0.1, -0.05) is 19.9 Å². The van der Waals surface area contributed by atoms with E-state index in [-0.39, 0.29) is 0 Å². The van der Waals surface area contributed by atoms with Crippen LogP contribution < -0.4 is 5.32 Å². The minimum absolute atomic E-state index is 0.612. The molecule has 1 rings (SSSR count). The fourth-order valence-corrected chi connectivity index (χ4v) is 2.78. The Labute approximate surface area is 116 Å². The summed E-state index contributed by atoms with van der Waals surface area (Å²) in [5.74, 6) is 0.707. The second-order valence-electron chi connectivity index (χ2n) is 5.41. The number of rotatable bonds is 9. The van der Waals surface area contributed by atoms with Crippen molar-refractivity contribution >= 4 is 11.3 Å². The molecule has 0 aliphatic rings. The van der Waals surface area contributed by atoms with Gasteiger partial charge >= 0.3 is 0 Å². The molecule has 1 heterocycles. The topological polar surface area (TPSA) is 15.3 Å². The molecule has 0 fully saturated rings. The highest BCUT2D eigenvalue weighted by Gasteiger charge is 2.14. The Bertz CT molecular complexity index is 295. The summed E-state index contributed by atoms with van der Waals surface area (Å²) in [6, 6.07) is 4.99. The van der Waals surface area contributed by atoms with Crippen LogP contribution in [-0.2, 0) is 6.54 Å². The van der Waals surface area contributed by atoms with Crippen molar-refractivity contribution in [2.24, 2.45) is 5.92 Å². The molecule has 0 amide bonds. The molecule has 1 unspecified atom stereocenters. The average Bonchev–Trinajstić information content (AvgIpc) is 2.81. The third kappa shape index (κ3) is 5.98. The van der Waals surface area contributed by atoms with Crippen molar-refractivity contribution in [3.05, 3.63) is 22.4 Å². The van der Waals surface area contributed by atoms with Crippen molar-refractivity contribution in [2.45, 2.75) is 46.7 Å². The van der Waals surface area contributed by atoms with Crippen LogP contribution in [-0.4, -0.2) is 30.6 Å². The van der Waals surface area contributed by atoms with Crippen molar-refractivity contribution in [2.75, 3.05) is 19.6 Å². The van der Waals surface area contributed by atoms with Gasteiger partial charge < -0.3 is 5.32 Å². The first-order chi connectivity index (χ1) is 8.63. The standard InChI is InChI=1S/C15H28N2S/c1-5-8-16-10-14(4)11-17(13(2)3)12-15-7-6-9-18-15/h6-7,9,13-14,16H,5,8,10-12H2,1-4H3. The minimum Gasteiger partial charge on any atom is -0.316 e. The highest BCUT2D eigenvalue weighted by atomic mass is 32.1. The summed E-state index contributed by atoms with van der Waals surface area (Å²) in [7, 11) is 0. The van der Waals surface area contributed by atoms with Gasteiger partial charge in [0.25, 0.3) is 0 Å². The molecule has 0 radical (unpaired) electrons. The maximum absolute atomic E-state index is 3.51. The molecule has 3 heteroatoms. The van der Waals surface area contributed by atoms with Crippen molar-refractivity contribution in [1.82, 2.24) is 10.2 Å². The van der Waals surface area contributed by atoms with E-state index >= 15 is 0 Å². The van der Waals surface area contributed by atoms with Crippen LogP contribution in [0, 0.1) is 5.92 Å². The maximum atomic E-state index is 3.51. The molecule has 1 atom stereocenters. The lowest BCUT2D eigenvalue weighted by atomic mass is 10.1. The Balaban J connectivity index is 2.37. The van der Waals surface area contributed by atoms with Gasteiger partial charge in [-0.15, -0.1) is 11.3 Å². The molecule has 0 aromatic carbocycles. The summed E-state index contributed by atoms with van der Waals surface area (Å²) < 4.78 is 0. The Hall–Kier alpha value is -0.380. The van der Waals surface area contributed by atoms with Crippen LogP contribution in [0.5, 0.6) is 0 Å². The van der Waals surface area contributed by atoms with E-state index in [1.165, 1.54) is 17.8 Å².